The van der Waals surface area contributed by atoms with E-state index in [4.69, 9.17) is 17.2 Å². The minimum Gasteiger partial charge on any atom is -0.480 e. The average Bonchev–Trinajstić information content (AvgIpc) is 2.69. The Morgan fingerprint density at radius 3 is 1.93 bits per heavy atom. The molecular weight excluding hydrogens is 392 g/mol. The molecule has 0 aliphatic heterocycles. The number of carboxylic acid groups (broad SMARTS) is 1. The third-order valence-corrected chi connectivity index (χ3v) is 4.56. The minimum atomic E-state index is -1.15. The van der Waals surface area contributed by atoms with E-state index in [1.54, 1.807) is 13.8 Å². The third kappa shape index (κ3) is 11.7. The fourth-order valence-electron chi connectivity index (χ4n) is 2.71. The molecule has 0 aromatic rings. The van der Waals surface area contributed by atoms with Crippen LogP contribution in [0.4, 0.5) is 0 Å². The summed E-state index contributed by atoms with van der Waals surface area (Å²) < 4.78 is 0. The van der Waals surface area contributed by atoms with Crippen LogP contribution in [0.2, 0.25) is 0 Å². The fourth-order valence-corrected chi connectivity index (χ4v) is 2.71. The number of amides is 3. The first kappa shape index (κ1) is 27.8. The van der Waals surface area contributed by atoms with Crippen LogP contribution in [0.5, 0.6) is 0 Å². The molecule has 0 rings (SSSR count). The van der Waals surface area contributed by atoms with Crippen LogP contribution in [0.15, 0.2) is 0 Å². The smallest absolute Gasteiger partial charge is 0.326 e. The highest BCUT2D eigenvalue weighted by Crippen LogP contribution is 2.05. The van der Waals surface area contributed by atoms with Gasteiger partial charge >= 0.3 is 5.97 Å². The highest BCUT2D eigenvalue weighted by molar-refractivity contribution is 5.92. The molecule has 0 aromatic carbocycles. The van der Waals surface area contributed by atoms with Gasteiger partial charge in [-0.15, -0.1) is 0 Å². The third-order valence-electron chi connectivity index (χ3n) is 4.56. The Bertz CT molecular complexity index is 558. The van der Waals surface area contributed by atoms with Crippen molar-refractivity contribution in [2.45, 2.75) is 70.5 Å². The zero-order valence-corrected chi connectivity index (χ0v) is 18.0. The molecule has 0 saturated heterocycles. The van der Waals surface area contributed by atoms with Gasteiger partial charge in [-0.05, 0) is 51.1 Å². The topological polar surface area (TPSA) is 203 Å². The first-order chi connectivity index (χ1) is 14.1. The zero-order valence-electron chi connectivity index (χ0n) is 18.0. The first-order valence-electron chi connectivity index (χ1n) is 10.4. The van der Waals surface area contributed by atoms with Gasteiger partial charge in [0.2, 0.25) is 17.7 Å². The van der Waals surface area contributed by atoms with Crippen LogP contribution in [-0.2, 0) is 19.2 Å². The van der Waals surface area contributed by atoms with Gasteiger partial charge in [0.05, 0.1) is 12.6 Å². The summed E-state index contributed by atoms with van der Waals surface area (Å²) >= 11 is 0. The molecule has 0 aliphatic rings. The highest BCUT2D eigenvalue weighted by Gasteiger charge is 2.27. The van der Waals surface area contributed by atoms with E-state index in [-0.39, 0.29) is 12.3 Å². The molecule has 0 fully saturated rings. The van der Waals surface area contributed by atoms with Gasteiger partial charge in [-0.3, -0.25) is 14.4 Å². The van der Waals surface area contributed by atoms with Crippen LogP contribution in [0.25, 0.3) is 0 Å². The van der Waals surface area contributed by atoms with E-state index in [9.17, 15) is 24.3 Å². The molecular formula is C19H38N6O5. The van der Waals surface area contributed by atoms with Crippen LogP contribution in [-0.4, -0.2) is 66.6 Å². The van der Waals surface area contributed by atoms with Crippen molar-refractivity contribution in [1.29, 1.82) is 0 Å². The number of rotatable bonds is 16. The van der Waals surface area contributed by atoms with Gasteiger partial charge in [0, 0.05) is 0 Å². The predicted octanol–water partition coefficient (Wildman–Crippen LogP) is -1.60. The number of carbonyl (C=O) groups is 4. The predicted molar refractivity (Wildman–Crippen MR) is 113 cm³/mol. The molecule has 11 nitrogen and oxygen atoms in total. The van der Waals surface area contributed by atoms with Gasteiger partial charge < -0.3 is 38.3 Å². The van der Waals surface area contributed by atoms with Crippen molar-refractivity contribution in [2.24, 2.45) is 23.1 Å². The van der Waals surface area contributed by atoms with Gasteiger partial charge in [0.1, 0.15) is 12.1 Å². The normalized spacial score (nSPS) is 13.9. The Morgan fingerprint density at radius 2 is 1.43 bits per heavy atom. The lowest BCUT2D eigenvalue weighted by atomic mass is 10.0. The van der Waals surface area contributed by atoms with E-state index in [0.29, 0.717) is 38.8 Å². The number of hydrogen-bond donors (Lipinski definition) is 7. The van der Waals surface area contributed by atoms with E-state index < -0.39 is 48.4 Å². The molecule has 0 saturated carbocycles. The van der Waals surface area contributed by atoms with Crippen LogP contribution in [0.1, 0.15) is 52.4 Å². The summed E-state index contributed by atoms with van der Waals surface area (Å²) in [7, 11) is 0. The molecule has 3 unspecified atom stereocenters. The highest BCUT2D eigenvalue weighted by atomic mass is 16.4. The lowest BCUT2D eigenvalue weighted by Gasteiger charge is -2.23. The van der Waals surface area contributed by atoms with E-state index >= 15 is 0 Å². The minimum absolute atomic E-state index is 0.240. The Hall–Kier alpha value is -2.24. The van der Waals surface area contributed by atoms with Crippen LogP contribution in [0.3, 0.4) is 0 Å². The van der Waals surface area contributed by atoms with E-state index in [1.165, 1.54) is 0 Å². The maximum absolute atomic E-state index is 12.4. The number of nitrogens with two attached hydrogens (primary N) is 3. The quantitative estimate of drug-likeness (QED) is 0.142. The van der Waals surface area contributed by atoms with Gasteiger partial charge in [0.25, 0.3) is 0 Å². The summed E-state index contributed by atoms with van der Waals surface area (Å²) in [4.78, 5) is 48.0. The van der Waals surface area contributed by atoms with Crippen LogP contribution < -0.4 is 33.2 Å². The molecule has 0 aliphatic carbocycles. The molecule has 0 radical (unpaired) electrons. The van der Waals surface area contributed by atoms with Gasteiger partial charge in [-0.1, -0.05) is 20.3 Å². The first-order valence-corrected chi connectivity index (χ1v) is 10.4. The molecule has 3 atom stereocenters. The average molecular weight is 431 g/mol. The maximum atomic E-state index is 12.4. The lowest BCUT2D eigenvalue weighted by molar-refractivity contribution is -0.142. The molecule has 11 heteroatoms. The maximum Gasteiger partial charge on any atom is 0.326 e. The summed E-state index contributed by atoms with van der Waals surface area (Å²) in [5.41, 5.74) is 16.7. The number of carboxylic acids is 1. The molecule has 0 spiro atoms. The van der Waals surface area contributed by atoms with Crippen molar-refractivity contribution in [1.82, 2.24) is 16.0 Å². The second-order valence-corrected chi connectivity index (χ2v) is 7.58. The molecule has 0 aromatic heterocycles. The molecule has 0 heterocycles. The zero-order chi connectivity index (χ0) is 23.1. The van der Waals surface area contributed by atoms with Gasteiger partial charge in [-0.25, -0.2) is 4.79 Å². The van der Waals surface area contributed by atoms with Gasteiger partial charge in [0.15, 0.2) is 0 Å². The summed E-state index contributed by atoms with van der Waals surface area (Å²) in [5, 5.41) is 16.6. The molecule has 10 N–H and O–H groups in total. The summed E-state index contributed by atoms with van der Waals surface area (Å²) in [5.74, 6) is -3.01. The van der Waals surface area contributed by atoms with E-state index in [2.05, 4.69) is 16.0 Å². The van der Waals surface area contributed by atoms with Crippen molar-refractivity contribution in [2.75, 3.05) is 19.6 Å². The Kier molecular flexibility index (Phi) is 14.4. The monoisotopic (exact) mass is 430 g/mol. The van der Waals surface area contributed by atoms with Crippen molar-refractivity contribution < 1.29 is 24.3 Å². The molecule has 3 amide bonds. The largest absolute Gasteiger partial charge is 0.480 e. The lowest BCUT2D eigenvalue weighted by Crippen LogP contribution is -2.55. The van der Waals surface area contributed by atoms with Crippen molar-refractivity contribution in [3.63, 3.8) is 0 Å². The van der Waals surface area contributed by atoms with Crippen molar-refractivity contribution in [3.8, 4) is 0 Å². The number of hydrogen-bond acceptors (Lipinski definition) is 7. The van der Waals surface area contributed by atoms with Crippen molar-refractivity contribution in [3.05, 3.63) is 0 Å². The Balaban J connectivity index is 4.64. The summed E-state index contributed by atoms with van der Waals surface area (Å²) in [6.07, 6.45) is 3.39. The standard InChI is InChI=1S/C19H38N6O5/c1-12(2)16(25-17(27)13(22)7-3-5-9-20)18(28)23-11-15(26)24-14(19(29)30)8-4-6-10-21/h12-14,16H,3-11,20-22H2,1-2H3,(H,23,28)(H,24,26)(H,25,27)(H,29,30). The second-order valence-electron chi connectivity index (χ2n) is 7.58. The van der Waals surface area contributed by atoms with E-state index in [1.807, 2.05) is 0 Å². The summed E-state index contributed by atoms with van der Waals surface area (Å²) in [6.45, 7) is 4.06. The second kappa shape index (κ2) is 15.6. The van der Waals surface area contributed by atoms with Crippen LogP contribution >= 0.6 is 0 Å². The number of unbranched alkanes of at least 4 members (excludes halogenated alkanes) is 2. The summed E-state index contributed by atoms with van der Waals surface area (Å²) in [6, 6.07) is -2.67. The number of carbonyl (C=O) groups excluding carboxylic acids is 3. The van der Waals surface area contributed by atoms with Gasteiger partial charge in [-0.2, -0.15) is 0 Å². The molecule has 30 heavy (non-hydrogen) atoms. The Morgan fingerprint density at radius 1 is 0.867 bits per heavy atom. The number of nitrogens with one attached hydrogen (secondary N) is 3. The van der Waals surface area contributed by atoms with Crippen molar-refractivity contribution >= 4 is 23.7 Å². The number of aliphatic carboxylic acids is 1. The SMILES string of the molecule is CC(C)C(NC(=O)C(N)CCCCN)C(=O)NCC(=O)NC(CCCCN)C(=O)O. The van der Waals surface area contributed by atoms with E-state index in [0.717, 1.165) is 6.42 Å². The van der Waals surface area contributed by atoms with Crippen LogP contribution in [0, 0.1) is 5.92 Å². The molecule has 0 bridgehead atoms. The molecule has 174 valence electrons. The Labute approximate surface area is 177 Å². The fraction of sp³-hybridized carbons (Fsp3) is 0.789.